The Balaban J connectivity index is 1.96. The Labute approximate surface area is 112 Å². The third-order valence-electron chi connectivity index (χ3n) is 3.57. The largest absolute Gasteiger partial charge is 0.394 e. The van der Waals surface area contributed by atoms with Crippen molar-refractivity contribution in [2.24, 2.45) is 7.05 Å². The molecule has 0 saturated heterocycles. The standard InChI is InChI=1S/C12H19N7/c1-8(2)11-10(13)12(17(3)16-11)18-4-5-19-7-14-15-9(19)6-18/h7-8H,4-6,13H2,1-3H3. The number of rotatable bonds is 2. The fraction of sp³-hybridized carbons (Fsp3) is 0.583. The summed E-state index contributed by atoms with van der Waals surface area (Å²) in [5, 5.41) is 12.6. The fourth-order valence-electron chi connectivity index (χ4n) is 2.60. The first-order valence-electron chi connectivity index (χ1n) is 6.52. The summed E-state index contributed by atoms with van der Waals surface area (Å²) < 4.78 is 3.95. The Morgan fingerprint density at radius 3 is 2.79 bits per heavy atom. The number of hydrogen-bond acceptors (Lipinski definition) is 5. The van der Waals surface area contributed by atoms with Crippen LogP contribution in [0.25, 0.3) is 0 Å². The molecular formula is C12H19N7. The average molecular weight is 261 g/mol. The van der Waals surface area contributed by atoms with Gasteiger partial charge in [-0.3, -0.25) is 4.68 Å². The van der Waals surface area contributed by atoms with Crippen LogP contribution in [0.5, 0.6) is 0 Å². The van der Waals surface area contributed by atoms with Gasteiger partial charge < -0.3 is 15.2 Å². The van der Waals surface area contributed by atoms with Crippen LogP contribution in [0.1, 0.15) is 31.3 Å². The highest BCUT2D eigenvalue weighted by atomic mass is 15.4. The van der Waals surface area contributed by atoms with Crippen molar-refractivity contribution in [2.45, 2.75) is 32.9 Å². The summed E-state index contributed by atoms with van der Waals surface area (Å²) >= 11 is 0. The molecule has 102 valence electrons. The van der Waals surface area contributed by atoms with Gasteiger partial charge in [0.15, 0.2) is 11.6 Å². The second-order valence-corrected chi connectivity index (χ2v) is 5.26. The number of nitrogens with zero attached hydrogens (tertiary/aromatic N) is 6. The van der Waals surface area contributed by atoms with Crippen LogP contribution in [0.2, 0.25) is 0 Å². The number of hydrogen-bond donors (Lipinski definition) is 1. The SMILES string of the molecule is CC(C)c1nn(C)c(N2CCn3cnnc3C2)c1N. The van der Waals surface area contributed by atoms with Crippen LogP contribution in [0.4, 0.5) is 11.5 Å². The van der Waals surface area contributed by atoms with Crippen LogP contribution in [-0.2, 0) is 20.1 Å². The van der Waals surface area contributed by atoms with Gasteiger partial charge >= 0.3 is 0 Å². The van der Waals surface area contributed by atoms with Crippen LogP contribution < -0.4 is 10.6 Å². The van der Waals surface area contributed by atoms with Crippen LogP contribution in [0.3, 0.4) is 0 Å². The first-order valence-corrected chi connectivity index (χ1v) is 6.52. The summed E-state index contributed by atoms with van der Waals surface area (Å²) in [6.45, 7) is 6.71. The molecule has 1 aliphatic heterocycles. The Kier molecular flexibility index (Phi) is 2.69. The molecule has 0 aliphatic carbocycles. The number of anilines is 2. The molecule has 0 fully saturated rings. The molecule has 3 heterocycles. The molecule has 19 heavy (non-hydrogen) atoms. The van der Waals surface area contributed by atoms with E-state index in [0.717, 1.165) is 42.7 Å². The molecule has 3 rings (SSSR count). The maximum atomic E-state index is 6.26. The molecule has 0 spiro atoms. The maximum absolute atomic E-state index is 6.26. The molecule has 0 aromatic carbocycles. The number of nitrogens with two attached hydrogens (primary N) is 1. The topological polar surface area (TPSA) is 77.8 Å². The van der Waals surface area contributed by atoms with Gasteiger partial charge in [0.05, 0.1) is 17.9 Å². The van der Waals surface area contributed by atoms with Gasteiger partial charge in [0.1, 0.15) is 6.33 Å². The number of nitrogen functional groups attached to an aromatic ring is 1. The van der Waals surface area contributed by atoms with E-state index in [-0.39, 0.29) is 0 Å². The van der Waals surface area contributed by atoms with Gasteiger partial charge in [-0.25, -0.2) is 0 Å². The molecule has 7 heteroatoms. The molecule has 2 aromatic rings. The van der Waals surface area contributed by atoms with Crippen molar-refractivity contribution in [3.63, 3.8) is 0 Å². The summed E-state index contributed by atoms with van der Waals surface area (Å²) in [4.78, 5) is 2.22. The van der Waals surface area contributed by atoms with Crippen molar-refractivity contribution in [3.8, 4) is 0 Å². The van der Waals surface area contributed by atoms with Gasteiger partial charge in [0, 0.05) is 20.1 Å². The van der Waals surface area contributed by atoms with Gasteiger partial charge in [-0.2, -0.15) is 5.10 Å². The van der Waals surface area contributed by atoms with Crippen molar-refractivity contribution in [2.75, 3.05) is 17.2 Å². The first kappa shape index (κ1) is 12.0. The van der Waals surface area contributed by atoms with E-state index in [4.69, 9.17) is 5.73 Å². The van der Waals surface area contributed by atoms with Crippen LogP contribution in [0.15, 0.2) is 6.33 Å². The van der Waals surface area contributed by atoms with Gasteiger partial charge in [0.2, 0.25) is 0 Å². The van der Waals surface area contributed by atoms with E-state index in [1.165, 1.54) is 0 Å². The molecule has 0 atom stereocenters. The second-order valence-electron chi connectivity index (χ2n) is 5.26. The van der Waals surface area contributed by atoms with Gasteiger partial charge in [-0.15, -0.1) is 10.2 Å². The third-order valence-corrected chi connectivity index (χ3v) is 3.57. The minimum absolute atomic E-state index is 0.327. The van der Waals surface area contributed by atoms with Crippen molar-refractivity contribution in [1.29, 1.82) is 0 Å². The predicted octanol–water partition coefficient (Wildman–Crippen LogP) is 0.737. The predicted molar refractivity (Wildman–Crippen MR) is 72.8 cm³/mol. The van der Waals surface area contributed by atoms with Crippen molar-refractivity contribution >= 4 is 11.5 Å². The van der Waals surface area contributed by atoms with E-state index in [1.54, 1.807) is 6.33 Å². The summed E-state index contributed by atoms with van der Waals surface area (Å²) in [6.07, 6.45) is 1.78. The average Bonchev–Trinajstić information content (AvgIpc) is 2.93. The zero-order valence-corrected chi connectivity index (χ0v) is 11.5. The second kappa shape index (κ2) is 4.25. The van der Waals surface area contributed by atoms with E-state index < -0.39 is 0 Å². The van der Waals surface area contributed by atoms with E-state index in [2.05, 4.69) is 38.6 Å². The lowest BCUT2D eigenvalue weighted by molar-refractivity contribution is 0.546. The van der Waals surface area contributed by atoms with Crippen LogP contribution in [-0.4, -0.2) is 31.1 Å². The molecular weight excluding hydrogens is 242 g/mol. The zero-order valence-electron chi connectivity index (χ0n) is 11.5. The number of aryl methyl sites for hydroxylation is 1. The Hall–Kier alpha value is -2.05. The summed E-state index contributed by atoms with van der Waals surface area (Å²) in [6, 6.07) is 0. The molecule has 0 radical (unpaired) electrons. The molecule has 1 aliphatic rings. The Morgan fingerprint density at radius 1 is 1.32 bits per heavy atom. The highest BCUT2D eigenvalue weighted by molar-refractivity contribution is 5.67. The van der Waals surface area contributed by atoms with Crippen molar-refractivity contribution in [1.82, 2.24) is 24.5 Å². The lowest BCUT2D eigenvalue weighted by atomic mass is 10.1. The highest BCUT2D eigenvalue weighted by Crippen LogP contribution is 2.32. The number of aromatic nitrogens is 5. The van der Waals surface area contributed by atoms with Gasteiger partial charge in [-0.1, -0.05) is 13.8 Å². The van der Waals surface area contributed by atoms with E-state index in [9.17, 15) is 0 Å². The summed E-state index contributed by atoms with van der Waals surface area (Å²) in [5.74, 6) is 2.28. The molecule has 0 amide bonds. The quantitative estimate of drug-likeness (QED) is 0.862. The first-order chi connectivity index (χ1) is 9.08. The van der Waals surface area contributed by atoms with Crippen LogP contribution in [0, 0.1) is 0 Å². The Morgan fingerprint density at radius 2 is 2.11 bits per heavy atom. The summed E-state index contributed by atoms with van der Waals surface area (Å²) in [5.41, 5.74) is 8.01. The molecule has 2 N–H and O–H groups in total. The molecule has 0 unspecified atom stereocenters. The lowest BCUT2D eigenvalue weighted by Crippen LogP contribution is -2.35. The smallest absolute Gasteiger partial charge is 0.152 e. The van der Waals surface area contributed by atoms with Crippen LogP contribution >= 0.6 is 0 Å². The maximum Gasteiger partial charge on any atom is 0.152 e. The monoisotopic (exact) mass is 261 g/mol. The molecule has 7 nitrogen and oxygen atoms in total. The fourth-order valence-corrected chi connectivity index (χ4v) is 2.60. The molecule has 0 bridgehead atoms. The van der Waals surface area contributed by atoms with Gasteiger partial charge in [-0.05, 0) is 5.92 Å². The van der Waals surface area contributed by atoms with Crippen molar-refractivity contribution in [3.05, 3.63) is 17.8 Å². The highest BCUT2D eigenvalue weighted by Gasteiger charge is 2.25. The molecule has 0 saturated carbocycles. The lowest BCUT2D eigenvalue weighted by Gasteiger charge is -2.29. The molecule has 2 aromatic heterocycles. The Bertz CT molecular complexity index is 595. The number of fused-ring (bicyclic) bond motifs is 1. The normalized spacial score (nSPS) is 15.1. The van der Waals surface area contributed by atoms with E-state index in [0.29, 0.717) is 5.92 Å². The van der Waals surface area contributed by atoms with E-state index in [1.807, 2.05) is 11.7 Å². The minimum Gasteiger partial charge on any atom is -0.394 e. The summed E-state index contributed by atoms with van der Waals surface area (Å²) in [7, 11) is 1.94. The van der Waals surface area contributed by atoms with Gasteiger partial charge in [0.25, 0.3) is 0 Å². The third kappa shape index (κ3) is 1.85. The zero-order chi connectivity index (χ0) is 13.6. The van der Waals surface area contributed by atoms with Crippen molar-refractivity contribution < 1.29 is 0 Å². The van der Waals surface area contributed by atoms with E-state index >= 15 is 0 Å². The minimum atomic E-state index is 0.327.